The molecule has 162 valence electrons. The van der Waals surface area contributed by atoms with Crippen molar-refractivity contribution in [3.8, 4) is 0 Å². The Labute approximate surface area is 194 Å². The van der Waals surface area contributed by atoms with E-state index in [1.54, 1.807) is 19.2 Å². The Bertz CT molecular complexity index is 855. The molecule has 30 heavy (non-hydrogen) atoms. The van der Waals surface area contributed by atoms with E-state index in [0.717, 1.165) is 25.3 Å². The van der Waals surface area contributed by atoms with Crippen molar-refractivity contribution < 1.29 is 9.21 Å². The molecule has 3 heterocycles. The Balaban J connectivity index is 0.00000256. The molecule has 0 radical (unpaired) electrons. The van der Waals surface area contributed by atoms with Crippen LogP contribution in [0.5, 0.6) is 0 Å². The third-order valence-electron chi connectivity index (χ3n) is 5.99. The highest BCUT2D eigenvalue weighted by atomic mass is 127. The monoisotopic (exact) mass is 523 g/mol. The Kier molecular flexibility index (Phi) is 7.76. The fourth-order valence-corrected chi connectivity index (χ4v) is 4.61. The number of fused-ring (bicyclic) bond motifs is 2. The van der Waals surface area contributed by atoms with E-state index in [2.05, 4.69) is 50.9 Å². The molecule has 1 aromatic heterocycles. The number of piperidine rings is 1. The largest absolute Gasteiger partial charge is 0.454 e. The lowest BCUT2D eigenvalue weighted by Crippen LogP contribution is -2.52. The van der Waals surface area contributed by atoms with Gasteiger partial charge in [-0.05, 0) is 43.4 Å². The Morgan fingerprint density at radius 1 is 1.17 bits per heavy atom. The summed E-state index contributed by atoms with van der Waals surface area (Å²) >= 11 is 0. The number of furan rings is 1. The quantitative estimate of drug-likeness (QED) is 0.308. The van der Waals surface area contributed by atoms with E-state index in [9.17, 15) is 4.79 Å². The predicted octanol–water partition coefficient (Wildman–Crippen LogP) is 2.86. The van der Waals surface area contributed by atoms with Crippen molar-refractivity contribution in [2.45, 2.75) is 56.9 Å². The maximum Gasteiger partial charge on any atom is 0.284 e. The molecule has 2 unspecified atom stereocenters. The van der Waals surface area contributed by atoms with E-state index in [-0.39, 0.29) is 29.7 Å². The summed E-state index contributed by atoms with van der Waals surface area (Å²) in [6.07, 6.45) is 4.78. The molecule has 0 spiro atoms. The number of carbonyl (C=O) groups is 1. The van der Waals surface area contributed by atoms with Crippen LogP contribution >= 0.6 is 24.0 Å². The second-order valence-corrected chi connectivity index (χ2v) is 7.91. The van der Waals surface area contributed by atoms with Crippen LogP contribution in [0, 0.1) is 0 Å². The van der Waals surface area contributed by atoms with Gasteiger partial charge in [0.1, 0.15) is 5.76 Å². The van der Waals surface area contributed by atoms with Crippen LogP contribution in [-0.4, -0.2) is 41.9 Å². The van der Waals surface area contributed by atoms with Gasteiger partial charge in [0.25, 0.3) is 5.91 Å². The van der Waals surface area contributed by atoms with Gasteiger partial charge in [0, 0.05) is 31.7 Å². The fraction of sp³-hybridized carbons (Fsp3) is 0.455. The molecule has 4 N–H and O–H groups in total. The number of nitrogens with two attached hydrogens (primary N) is 1. The van der Waals surface area contributed by atoms with Crippen LogP contribution in [-0.2, 0) is 13.1 Å². The zero-order valence-electron chi connectivity index (χ0n) is 17.2. The predicted molar refractivity (Wildman–Crippen MR) is 128 cm³/mol. The number of halogens is 1. The van der Waals surface area contributed by atoms with Crippen LogP contribution < -0.4 is 16.4 Å². The topological polar surface area (TPSA) is 95.9 Å². The lowest BCUT2D eigenvalue weighted by Gasteiger charge is -2.39. The molecule has 2 aliphatic heterocycles. The number of nitrogens with one attached hydrogen (secondary N) is 2. The van der Waals surface area contributed by atoms with Gasteiger partial charge in [0.15, 0.2) is 11.7 Å². The van der Waals surface area contributed by atoms with Crippen molar-refractivity contribution in [2.24, 2.45) is 10.7 Å². The SMILES string of the molecule is CN=C(NCc1ccc(C(N)=O)o1)NC1CC2CCC(C1)N2Cc1ccccc1.I. The summed E-state index contributed by atoms with van der Waals surface area (Å²) in [4.78, 5) is 18.2. The van der Waals surface area contributed by atoms with Crippen LogP contribution in [0.1, 0.15) is 47.6 Å². The molecule has 2 atom stereocenters. The lowest BCUT2D eigenvalue weighted by atomic mass is 9.96. The Morgan fingerprint density at radius 3 is 2.47 bits per heavy atom. The molecule has 0 aliphatic carbocycles. The first-order chi connectivity index (χ1) is 14.1. The van der Waals surface area contributed by atoms with Gasteiger partial charge < -0.3 is 20.8 Å². The van der Waals surface area contributed by atoms with E-state index >= 15 is 0 Å². The van der Waals surface area contributed by atoms with Crippen molar-refractivity contribution in [3.63, 3.8) is 0 Å². The van der Waals surface area contributed by atoms with Crippen LogP contribution in [0.25, 0.3) is 0 Å². The van der Waals surface area contributed by atoms with E-state index < -0.39 is 5.91 Å². The maximum atomic E-state index is 11.1. The highest BCUT2D eigenvalue weighted by molar-refractivity contribution is 14.0. The van der Waals surface area contributed by atoms with Crippen LogP contribution in [0.4, 0.5) is 0 Å². The zero-order valence-corrected chi connectivity index (χ0v) is 19.5. The average molecular weight is 523 g/mol. The number of guanidine groups is 1. The maximum absolute atomic E-state index is 11.1. The smallest absolute Gasteiger partial charge is 0.284 e. The number of carbonyl (C=O) groups excluding carboxylic acids is 1. The van der Waals surface area contributed by atoms with Crippen LogP contribution in [0.2, 0.25) is 0 Å². The fourth-order valence-electron chi connectivity index (χ4n) is 4.61. The van der Waals surface area contributed by atoms with Gasteiger partial charge >= 0.3 is 0 Å². The van der Waals surface area contributed by atoms with Crippen molar-refractivity contribution in [2.75, 3.05) is 7.05 Å². The summed E-state index contributed by atoms with van der Waals surface area (Å²) in [6.45, 7) is 1.49. The molecule has 2 aromatic rings. The molecule has 4 rings (SSSR count). The van der Waals surface area contributed by atoms with Gasteiger partial charge in [-0.2, -0.15) is 0 Å². The lowest BCUT2D eigenvalue weighted by molar-refractivity contribution is 0.0972. The van der Waals surface area contributed by atoms with Gasteiger partial charge in [-0.25, -0.2) is 0 Å². The number of hydrogen-bond acceptors (Lipinski definition) is 4. The second kappa shape index (κ2) is 10.3. The molecule has 8 heteroatoms. The van der Waals surface area contributed by atoms with Gasteiger partial charge in [0.2, 0.25) is 0 Å². The number of rotatable bonds is 6. The average Bonchev–Trinajstić information content (AvgIpc) is 3.28. The van der Waals surface area contributed by atoms with E-state index in [1.807, 2.05) is 0 Å². The van der Waals surface area contributed by atoms with Crippen molar-refractivity contribution in [3.05, 3.63) is 59.5 Å². The molecule has 1 aromatic carbocycles. The van der Waals surface area contributed by atoms with Gasteiger partial charge in [-0.3, -0.25) is 14.7 Å². The van der Waals surface area contributed by atoms with Gasteiger partial charge in [0.05, 0.1) is 6.54 Å². The minimum atomic E-state index is -0.559. The Hall–Kier alpha value is -2.07. The summed E-state index contributed by atoms with van der Waals surface area (Å²) in [5.74, 6) is 1.02. The molecule has 0 saturated carbocycles. The number of nitrogens with zero attached hydrogens (tertiary/aromatic N) is 2. The third kappa shape index (κ3) is 5.34. The first kappa shape index (κ1) is 22.6. The van der Waals surface area contributed by atoms with Gasteiger partial charge in [-0.15, -0.1) is 24.0 Å². The molecule has 7 nitrogen and oxygen atoms in total. The summed E-state index contributed by atoms with van der Waals surface area (Å²) in [5, 5.41) is 6.84. The number of amides is 1. The first-order valence-corrected chi connectivity index (χ1v) is 10.3. The third-order valence-corrected chi connectivity index (χ3v) is 5.99. The number of benzene rings is 1. The van der Waals surface area contributed by atoms with Crippen molar-refractivity contribution in [1.29, 1.82) is 0 Å². The molecule has 2 aliphatic rings. The molecule has 2 saturated heterocycles. The zero-order chi connectivity index (χ0) is 20.2. The normalized spacial score (nSPS) is 23.6. The Morgan fingerprint density at radius 2 is 1.87 bits per heavy atom. The van der Waals surface area contributed by atoms with Crippen LogP contribution in [0.15, 0.2) is 51.9 Å². The highest BCUT2D eigenvalue weighted by Crippen LogP contribution is 2.36. The second-order valence-electron chi connectivity index (χ2n) is 7.91. The van der Waals surface area contributed by atoms with E-state index in [0.29, 0.717) is 30.4 Å². The van der Waals surface area contributed by atoms with Crippen LogP contribution in [0.3, 0.4) is 0 Å². The summed E-state index contributed by atoms with van der Waals surface area (Å²) in [5.41, 5.74) is 6.62. The number of aliphatic imine (C=N–C) groups is 1. The highest BCUT2D eigenvalue weighted by Gasteiger charge is 2.40. The standard InChI is InChI=1S/C22H29N5O2.HI/c1-24-22(25-13-19-9-10-20(29-19)21(23)28)26-16-11-17-7-8-18(12-16)27(17)14-15-5-3-2-4-6-15;/h2-6,9-10,16-18H,7-8,11-14H2,1H3,(H2,23,28)(H2,24,25,26);1H. The molecular formula is C22H30IN5O2. The van der Waals surface area contributed by atoms with E-state index in [4.69, 9.17) is 10.2 Å². The van der Waals surface area contributed by atoms with Crippen molar-refractivity contribution >= 4 is 35.8 Å². The molecule has 2 fully saturated rings. The summed E-state index contributed by atoms with van der Waals surface area (Å²) < 4.78 is 5.42. The van der Waals surface area contributed by atoms with Crippen molar-refractivity contribution in [1.82, 2.24) is 15.5 Å². The molecule has 2 bridgehead atoms. The summed E-state index contributed by atoms with van der Waals surface area (Å²) in [7, 11) is 1.77. The van der Waals surface area contributed by atoms with Gasteiger partial charge in [-0.1, -0.05) is 30.3 Å². The summed E-state index contributed by atoms with van der Waals surface area (Å²) in [6, 6.07) is 15.7. The number of hydrogen-bond donors (Lipinski definition) is 3. The number of primary amides is 1. The minimum absolute atomic E-state index is 0. The van der Waals surface area contributed by atoms with E-state index in [1.165, 1.54) is 18.4 Å². The first-order valence-electron chi connectivity index (χ1n) is 10.3. The molecule has 1 amide bonds. The minimum Gasteiger partial charge on any atom is -0.454 e. The molecular weight excluding hydrogens is 493 g/mol.